The molecule has 1 aromatic rings. The van der Waals surface area contributed by atoms with Gasteiger partial charge in [0.1, 0.15) is 11.9 Å². The average Bonchev–Trinajstić information content (AvgIpc) is 2.60. The lowest BCUT2D eigenvalue weighted by atomic mass is 10.0. The van der Waals surface area contributed by atoms with Crippen LogP contribution in [0.4, 0.5) is 4.39 Å². The molecule has 7 nitrogen and oxygen atoms in total. The predicted octanol–water partition coefficient (Wildman–Crippen LogP) is 1.06. The van der Waals surface area contributed by atoms with Gasteiger partial charge in [0.25, 0.3) is 0 Å². The van der Waals surface area contributed by atoms with E-state index in [2.05, 4.69) is 10.6 Å². The Hall–Kier alpha value is -2.48. The molecule has 1 aliphatic heterocycles. The number of nitrogens with one attached hydrogen (secondary N) is 2. The summed E-state index contributed by atoms with van der Waals surface area (Å²) in [5.41, 5.74) is 0.753. The number of carboxylic acids is 1. The molecule has 3 N–H and O–H groups in total. The van der Waals surface area contributed by atoms with Gasteiger partial charge in [0.15, 0.2) is 0 Å². The molecule has 1 aliphatic rings. The van der Waals surface area contributed by atoms with Crippen LogP contribution in [0, 0.1) is 5.82 Å². The molecule has 142 valence electrons. The van der Waals surface area contributed by atoms with E-state index in [1.54, 1.807) is 24.0 Å². The Bertz CT molecular complexity index is 650. The maximum absolute atomic E-state index is 12.9. The molecule has 1 fully saturated rings. The normalized spacial score (nSPS) is 18.8. The molecule has 0 spiro atoms. The van der Waals surface area contributed by atoms with Crippen LogP contribution in [0.5, 0.6) is 0 Å². The van der Waals surface area contributed by atoms with E-state index in [0.717, 1.165) is 18.4 Å². The largest absolute Gasteiger partial charge is 0.480 e. The van der Waals surface area contributed by atoms with Crippen LogP contribution in [-0.4, -0.2) is 53.5 Å². The molecule has 1 aromatic carbocycles. The lowest BCUT2D eigenvalue weighted by Gasteiger charge is -2.32. The van der Waals surface area contributed by atoms with Crippen LogP contribution < -0.4 is 10.6 Å². The highest BCUT2D eigenvalue weighted by molar-refractivity contribution is 5.86. The molecule has 8 heteroatoms. The number of nitrogens with zero attached hydrogens (tertiary/aromatic N) is 1. The van der Waals surface area contributed by atoms with Crippen molar-refractivity contribution in [1.82, 2.24) is 15.5 Å². The minimum absolute atomic E-state index is 0.0439. The minimum atomic E-state index is -0.927. The van der Waals surface area contributed by atoms with E-state index in [1.165, 1.54) is 12.1 Å². The van der Waals surface area contributed by atoms with Crippen LogP contribution >= 0.6 is 0 Å². The number of amides is 2. The van der Waals surface area contributed by atoms with Gasteiger partial charge in [-0.1, -0.05) is 18.6 Å². The van der Waals surface area contributed by atoms with Crippen molar-refractivity contribution in [1.29, 1.82) is 0 Å². The van der Waals surface area contributed by atoms with Crippen molar-refractivity contribution in [3.05, 3.63) is 35.6 Å². The molecule has 2 amide bonds. The minimum Gasteiger partial charge on any atom is -0.480 e. The summed E-state index contributed by atoms with van der Waals surface area (Å²) in [6.07, 6.45) is 2.21. The first kappa shape index (κ1) is 19.8. The number of likely N-dealkylation sites (tertiary alicyclic amines) is 1. The molecular weight excluding hydrogens is 341 g/mol. The molecule has 0 aliphatic carbocycles. The quantitative estimate of drug-likeness (QED) is 0.671. The summed E-state index contributed by atoms with van der Waals surface area (Å²) < 4.78 is 12.9. The van der Waals surface area contributed by atoms with Gasteiger partial charge in [0, 0.05) is 0 Å². The fourth-order valence-electron chi connectivity index (χ4n) is 3.01. The number of halogens is 1. The van der Waals surface area contributed by atoms with Gasteiger partial charge in [-0.2, -0.15) is 0 Å². The van der Waals surface area contributed by atoms with Crippen molar-refractivity contribution >= 4 is 17.8 Å². The standard InChI is InChI=1S/C18H24FN3O4/c1-12(13-5-7-14(19)8-6-13)21-16(23)10-20-17(24)11-22-9-3-2-4-15(22)18(25)26/h5-8,12,15H,2-4,9-11H2,1H3,(H,20,24)(H,21,23)(H,25,26). The monoisotopic (exact) mass is 365 g/mol. The number of piperidine rings is 1. The average molecular weight is 365 g/mol. The van der Waals surface area contributed by atoms with E-state index < -0.39 is 12.0 Å². The number of hydrogen-bond acceptors (Lipinski definition) is 4. The Balaban J connectivity index is 1.76. The molecule has 26 heavy (non-hydrogen) atoms. The zero-order chi connectivity index (χ0) is 19.1. The van der Waals surface area contributed by atoms with Crippen LogP contribution in [0.3, 0.4) is 0 Å². The zero-order valence-electron chi connectivity index (χ0n) is 14.7. The Morgan fingerprint density at radius 1 is 1.23 bits per heavy atom. The van der Waals surface area contributed by atoms with Gasteiger partial charge in [0.05, 0.1) is 19.1 Å². The van der Waals surface area contributed by atoms with E-state index in [-0.39, 0.29) is 36.8 Å². The van der Waals surface area contributed by atoms with Crippen LogP contribution in [0.1, 0.15) is 37.8 Å². The fraction of sp³-hybridized carbons (Fsp3) is 0.500. The highest BCUT2D eigenvalue weighted by Gasteiger charge is 2.29. The maximum Gasteiger partial charge on any atom is 0.320 e. The topological polar surface area (TPSA) is 98.7 Å². The summed E-state index contributed by atoms with van der Waals surface area (Å²) in [5.74, 6) is -2.04. The first-order valence-corrected chi connectivity index (χ1v) is 8.65. The van der Waals surface area contributed by atoms with Gasteiger partial charge in [-0.05, 0) is 44.0 Å². The van der Waals surface area contributed by atoms with Crippen molar-refractivity contribution < 1.29 is 23.9 Å². The van der Waals surface area contributed by atoms with Gasteiger partial charge in [-0.15, -0.1) is 0 Å². The zero-order valence-corrected chi connectivity index (χ0v) is 14.7. The van der Waals surface area contributed by atoms with Crippen molar-refractivity contribution in [2.75, 3.05) is 19.6 Å². The van der Waals surface area contributed by atoms with Crippen LogP contribution in [-0.2, 0) is 14.4 Å². The summed E-state index contributed by atoms with van der Waals surface area (Å²) in [5, 5.41) is 14.4. The van der Waals surface area contributed by atoms with Gasteiger partial charge in [-0.25, -0.2) is 4.39 Å². The summed E-state index contributed by atoms with van der Waals surface area (Å²) in [4.78, 5) is 36.8. The van der Waals surface area contributed by atoms with Crippen molar-refractivity contribution in [3.8, 4) is 0 Å². The third-order valence-electron chi connectivity index (χ3n) is 4.44. The van der Waals surface area contributed by atoms with Gasteiger partial charge in [0.2, 0.25) is 11.8 Å². The Labute approximate surface area is 151 Å². The molecule has 1 saturated heterocycles. The summed E-state index contributed by atoms with van der Waals surface area (Å²) in [7, 11) is 0. The number of benzene rings is 1. The Morgan fingerprint density at radius 3 is 2.58 bits per heavy atom. The molecule has 1 heterocycles. The third kappa shape index (κ3) is 5.80. The number of hydrogen-bond donors (Lipinski definition) is 3. The molecule has 0 aromatic heterocycles. The van der Waals surface area contributed by atoms with Crippen molar-refractivity contribution in [2.24, 2.45) is 0 Å². The predicted molar refractivity (Wildman–Crippen MR) is 92.8 cm³/mol. The number of aliphatic carboxylic acids is 1. The van der Waals surface area contributed by atoms with E-state index in [0.29, 0.717) is 13.0 Å². The van der Waals surface area contributed by atoms with Crippen LogP contribution in [0.25, 0.3) is 0 Å². The summed E-state index contributed by atoms with van der Waals surface area (Å²) in [6.45, 7) is 2.07. The van der Waals surface area contributed by atoms with Gasteiger partial charge < -0.3 is 15.7 Å². The van der Waals surface area contributed by atoms with E-state index in [4.69, 9.17) is 0 Å². The Kier molecular flexibility index (Phi) is 7.08. The van der Waals surface area contributed by atoms with Crippen LogP contribution in [0.2, 0.25) is 0 Å². The molecule has 0 saturated carbocycles. The second-order valence-electron chi connectivity index (χ2n) is 6.44. The second kappa shape index (κ2) is 9.28. The number of carboxylic acid groups (broad SMARTS) is 1. The lowest BCUT2D eigenvalue weighted by Crippen LogP contribution is -2.50. The van der Waals surface area contributed by atoms with Crippen molar-refractivity contribution in [2.45, 2.75) is 38.3 Å². The molecule has 2 unspecified atom stereocenters. The summed E-state index contributed by atoms with van der Waals surface area (Å²) >= 11 is 0. The van der Waals surface area contributed by atoms with E-state index in [1.807, 2.05) is 0 Å². The van der Waals surface area contributed by atoms with Gasteiger partial charge >= 0.3 is 5.97 Å². The summed E-state index contributed by atoms with van der Waals surface area (Å²) in [6, 6.07) is 4.83. The first-order chi connectivity index (χ1) is 12.4. The lowest BCUT2D eigenvalue weighted by molar-refractivity contribution is -0.145. The fourth-order valence-corrected chi connectivity index (χ4v) is 3.01. The van der Waals surface area contributed by atoms with Crippen molar-refractivity contribution in [3.63, 3.8) is 0 Å². The van der Waals surface area contributed by atoms with Gasteiger partial charge in [-0.3, -0.25) is 19.3 Å². The van der Waals surface area contributed by atoms with E-state index in [9.17, 15) is 23.9 Å². The maximum atomic E-state index is 12.9. The third-order valence-corrected chi connectivity index (χ3v) is 4.44. The van der Waals surface area contributed by atoms with Crippen LogP contribution in [0.15, 0.2) is 24.3 Å². The second-order valence-corrected chi connectivity index (χ2v) is 6.44. The highest BCUT2D eigenvalue weighted by atomic mass is 19.1. The smallest absolute Gasteiger partial charge is 0.320 e. The highest BCUT2D eigenvalue weighted by Crippen LogP contribution is 2.16. The SMILES string of the molecule is CC(NC(=O)CNC(=O)CN1CCCCC1C(=O)O)c1ccc(F)cc1. The molecule has 0 radical (unpaired) electrons. The Morgan fingerprint density at radius 2 is 1.92 bits per heavy atom. The molecule has 2 atom stereocenters. The first-order valence-electron chi connectivity index (χ1n) is 8.65. The number of rotatable bonds is 7. The molecule has 0 bridgehead atoms. The van der Waals surface area contributed by atoms with E-state index >= 15 is 0 Å². The number of carbonyl (C=O) groups is 3. The molecule has 2 rings (SSSR count). The number of carbonyl (C=O) groups excluding carboxylic acids is 2. The molecular formula is C18H24FN3O4.